The number of likely N-dealkylation sites (tertiary alicyclic amines) is 1. The van der Waals surface area contributed by atoms with Gasteiger partial charge >= 0.3 is 5.97 Å². The molecule has 1 aliphatic heterocycles. The smallest absolute Gasteiger partial charge is 0.311 e. The topological polar surface area (TPSA) is 75.4 Å². The van der Waals surface area contributed by atoms with Crippen LogP contribution < -0.4 is 0 Å². The van der Waals surface area contributed by atoms with Crippen molar-refractivity contribution in [3.63, 3.8) is 0 Å². The van der Waals surface area contributed by atoms with Gasteiger partial charge in [0.25, 0.3) is 5.91 Å². The molecule has 1 amide bonds. The lowest BCUT2D eigenvalue weighted by molar-refractivity contribution is -0.152. The van der Waals surface area contributed by atoms with E-state index in [9.17, 15) is 14.7 Å². The first-order chi connectivity index (χ1) is 12.5. The van der Waals surface area contributed by atoms with Crippen LogP contribution in [0.4, 0.5) is 0 Å². The number of nitrogens with zero attached hydrogens (tertiary/aromatic N) is 3. The number of rotatable bonds is 3. The van der Waals surface area contributed by atoms with Gasteiger partial charge in [-0.3, -0.25) is 9.59 Å². The number of imidazole rings is 1. The standard InChI is InChI=1S/C20H23N3O3/c1-22-10-9-21-17(22)18(24)23-12-16-11-15(14-5-3-2-4-6-14)7-8-20(16,13-23)19(25)26/h2-6,9-10,15-16H,7-8,11-13H2,1H3,(H,25,26)/t15-,16-,20-/m1/s1. The molecule has 0 unspecified atom stereocenters. The maximum absolute atomic E-state index is 12.8. The van der Waals surface area contributed by atoms with Crippen molar-refractivity contribution >= 4 is 11.9 Å². The first-order valence-electron chi connectivity index (χ1n) is 9.06. The number of hydrogen-bond acceptors (Lipinski definition) is 3. The summed E-state index contributed by atoms with van der Waals surface area (Å²) in [6, 6.07) is 10.3. The van der Waals surface area contributed by atoms with E-state index in [0.717, 1.165) is 12.8 Å². The summed E-state index contributed by atoms with van der Waals surface area (Å²) in [6.45, 7) is 0.765. The van der Waals surface area contributed by atoms with E-state index < -0.39 is 11.4 Å². The average molecular weight is 353 g/mol. The molecule has 3 atom stereocenters. The Morgan fingerprint density at radius 3 is 2.69 bits per heavy atom. The molecule has 6 nitrogen and oxygen atoms in total. The number of carboxylic acid groups (broad SMARTS) is 1. The molecule has 1 saturated heterocycles. The van der Waals surface area contributed by atoms with Crippen LogP contribution in [0.2, 0.25) is 0 Å². The molecule has 1 aromatic heterocycles. The number of aliphatic carboxylic acids is 1. The van der Waals surface area contributed by atoms with Crippen LogP contribution in [0.5, 0.6) is 0 Å². The highest BCUT2D eigenvalue weighted by atomic mass is 16.4. The number of benzene rings is 1. The fourth-order valence-electron chi connectivity index (χ4n) is 4.70. The van der Waals surface area contributed by atoms with Gasteiger partial charge in [-0.25, -0.2) is 4.98 Å². The minimum absolute atomic E-state index is 0.0248. The highest BCUT2D eigenvalue weighted by molar-refractivity contribution is 5.92. The molecule has 26 heavy (non-hydrogen) atoms. The van der Waals surface area contributed by atoms with E-state index >= 15 is 0 Å². The summed E-state index contributed by atoms with van der Waals surface area (Å²) < 4.78 is 1.69. The second-order valence-corrected chi connectivity index (χ2v) is 7.59. The van der Waals surface area contributed by atoms with Crippen LogP contribution in [-0.2, 0) is 11.8 Å². The van der Waals surface area contributed by atoms with Crippen LogP contribution >= 0.6 is 0 Å². The van der Waals surface area contributed by atoms with Crippen molar-refractivity contribution in [1.82, 2.24) is 14.5 Å². The second kappa shape index (κ2) is 6.27. The van der Waals surface area contributed by atoms with Gasteiger partial charge in [-0.15, -0.1) is 0 Å². The van der Waals surface area contributed by atoms with E-state index in [-0.39, 0.29) is 18.4 Å². The second-order valence-electron chi connectivity index (χ2n) is 7.59. The van der Waals surface area contributed by atoms with Gasteiger partial charge in [0, 0.05) is 32.5 Å². The van der Waals surface area contributed by atoms with E-state index in [1.165, 1.54) is 5.56 Å². The Bertz CT molecular complexity index is 832. The molecular weight excluding hydrogens is 330 g/mol. The molecule has 2 fully saturated rings. The molecule has 1 N–H and O–H groups in total. The van der Waals surface area contributed by atoms with Crippen molar-refractivity contribution in [2.75, 3.05) is 13.1 Å². The van der Waals surface area contributed by atoms with Crippen molar-refractivity contribution < 1.29 is 14.7 Å². The lowest BCUT2D eigenvalue weighted by Gasteiger charge is -2.38. The molecule has 1 aliphatic carbocycles. The fraction of sp³-hybridized carbons (Fsp3) is 0.450. The quantitative estimate of drug-likeness (QED) is 0.920. The van der Waals surface area contributed by atoms with Gasteiger partial charge in [0.2, 0.25) is 0 Å². The van der Waals surface area contributed by atoms with Gasteiger partial charge in [0.15, 0.2) is 5.82 Å². The maximum Gasteiger partial charge on any atom is 0.311 e. The fourth-order valence-corrected chi connectivity index (χ4v) is 4.70. The number of carbonyl (C=O) groups excluding carboxylic acids is 1. The predicted molar refractivity (Wildman–Crippen MR) is 95.7 cm³/mol. The Labute approximate surface area is 152 Å². The van der Waals surface area contributed by atoms with Crippen LogP contribution in [0.3, 0.4) is 0 Å². The van der Waals surface area contributed by atoms with Crippen LogP contribution in [0.25, 0.3) is 0 Å². The lowest BCUT2D eigenvalue weighted by Crippen LogP contribution is -2.43. The van der Waals surface area contributed by atoms with Gasteiger partial charge in [-0.05, 0) is 36.7 Å². The first-order valence-corrected chi connectivity index (χ1v) is 9.06. The molecular formula is C20H23N3O3. The third kappa shape index (κ3) is 2.60. The average Bonchev–Trinajstić information content (AvgIpc) is 3.25. The van der Waals surface area contributed by atoms with Gasteiger partial charge < -0.3 is 14.6 Å². The SMILES string of the molecule is Cn1ccnc1C(=O)N1C[C@H]2C[C@H](c3ccccc3)CC[C@@]2(C(=O)O)C1. The number of carboxylic acids is 1. The zero-order chi connectivity index (χ0) is 18.3. The van der Waals surface area contributed by atoms with Gasteiger partial charge in [0.1, 0.15) is 0 Å². The Hall–Kier alpha value is -2.63. The van der Waals surface area contributed by atoms with E-state index in [1.54, 1.807) is 28.9 Å². The highest BCUT2D eigenvalue weighted by Gasteiger charge is 2.56. The summed E-state index contributed by atoms with van der Waals surface area (Å²) >= 11 is 0. The molecule has 6 heteroatoms. The molecule has 2 heterocycles. The number of fused-ring (bicyclic) bond motifs is 1. The summed E-state index contributed by atoms with van der Waals surface area (Å²) in [7, 11) is 1.78. The summed E-state index contributed by atoms with van der Waals surface area (Å²) in [5, 5.41) is 9.98. The van der Waals surface area contributed by atoms with E-state index in [2.05, 4.69) is 17.1 Å². The summed E-state index contributed by atoms with van der Waals surface area (Å²) in [4.78, 5) is 30.8. The highest BCUT2D eigenvalue weighted by Crippen LogP contribution is 2.51. The van der Waals surface area contributed by atoms with Crippen LogP contribution in [-0.4, -0.2) is 44.5 Å². The van der Waals surface area contributed by atoms with Crippen LogP contribution in [0.1, 0.15) is 41.4 Å². The maximum atomic E-state index is 12.8. The van der Waals surface area contributed by atoms with Gasteiger partial charge in [0.05, 0.1) is 5.41 Å². The monoisotopic (exact) mass is 353 g/mol. The Balaban J connectivity index is 1.59. The summed E-state index contributed by atoms with van der Waals surface area (Å²) in [6.07, 6.45) is 5.58. The normalized spacial score (nSPS) is 28.0. The number of carbonyl (C=O) groups is 2. The largest absolute Gasteiger partial charge is 0.481 e. The minimum Gasteiger partial charge on any atom is -0.481 e. The Morgan fingerprint density at radius 1 is 1.27 bits per heavy atom. The molecule has 4 rings (SSSR count). The molecule has 0 radical (unpaired) electrons. The van der Waals surface area contributed by atoms with Crippen LogP contribution in [0, 0.1) is 11.3 Å². The van der Waals surface area contributed by atoms with E-state index in [1.807, 2.05) is 18.2 Å². The zero-order valence-electron chi connectivity index (χ0n) is 14.8. The van der Waals surface area contributed by atoms with Crippen LogP contribution in [0.15, 0.2) is 42.7 Å². The summed E-state index contributed by atoms with van der Waals surface area (Å²) in [5.41, 5.74) is 0.437. The van der Waals surface area contributed by atoms with Gasteiger partial charge in [-0.1, -0.05) is 30.3 Å². The minimum atomic E-state index is -0.827. The molecule has 0 spiro atoms. The third-order valence-electron chi connectivity index (χ3n) is 6.20. The number of hydrogen-bond donors (Lipinski definition) is 1. The number of amides is 1. The van der Waals surface area contributed by atoms with Crippen molar-refractivity contribution in [2.45, 2.75) is 25.2 Å². The van der Waals surface area contributed by atoms with Crippen molar-refractivity contribution in [3.8, 4) is 0 Å². The van der Waals surface area contributed by atoms with Gasteiger partial charge in [-0.2, -0.15) is 0 Å². The summed E-state index contributed by atoms with van der Waals surface area (Å²) in [5.74, 6) is -0.253. The molecule has 0 bridgehead atoms. The van der Waals surface area contributed by atoms with Crippen molar-refractivity contribution in [2.24, 2.45) is 18.4 Å². The zero-order valence-corrected chi connectivity index (χ0v) is 14.8. The first kappa shape index (κ1) is 16.8. The molecule has 1 aromatic carbocycles. The van der Waals surface area contributed by atoms with Crippen molar-refractivity contribution in [3.05, 3.63) is 54.1 Å². The number of aromatic nitrogens is 2. The Morgan fingerprint density at radius 2 is 2.04 bits per heavy atom. The molecule has 2 aliphatic rings. The number of aryl methyl sites for hydroxylation is 1. The lowest BCUT2D eigenvalue weighted by atomic mass is 9.64. The van der Waals surface area contributed by atoms with Crippen molar-refractivity contribution in [1.29, 1.82) is 0 Å². The third-order valence-corrected chi connectivity index (χ3v) is 6.20. The molecule has 2 aromatic rings. The van der Waals surface area contributed by atoms with E-state index in [4.69, 9.17) is 0 Å². The molecule has 136 valence electrons. The molecule has 1 saturated carbocycles. The van der Waals surface area contributed by atoms with E-state index in [0.29, 0.717) is 24.7 Å². The predicted octanol–water partition coefficient (Wildman–Crippen LogP) is 2.53. The Kier molecular flexibility index (Phi) is 4.05.